The van der Waals surface area contributed by atoms with Crippen LogP contribution in [-0.2, 0) is 13.0 Å². The molecule has 2 N–H and O–H groups in total. The highest BCUT2D eigenvalue weighted by molar-refractivity contribution is 7.98. The zero-order valence-corrected chi connectivity index (χ0v) is 14.8. The van der Waals surface area contributed by atoms with Gasteiger partial charge in [-0.15, -0.1) is 24.2 Å². The van der Waals surface area contributed by atoms with Gasteiger partial charge in [0, 0.05) is 23.7 Å². The van der Waals surface area contributed by atoms with Gasteiger partial charge in [0.2, 0.25) is 0 Å². The van der Waals surface area contributed by atoms with Gasteiger partial charge < -0.3 is 10.6 Å². The number of nitrogens with two attached hydrogens (primary N) is 1. The van der Waals surface area contributed by atoms with Crippen molar-refractivity contribution in [3.63, 3.8) is 0 Å². The van der Waals surface area contributed by atoms with Crippen LogP contribution in [0.1, 0.15) is 27.9 Å². The number of rotatable bonds is 3. The maximum Gasteiger partial charge on any atom is 0.259 e. The first kappa shape index (κ1) is 17.9. The summed E-state index contributed by atoms with van der Waals surface area (Å²) in [4.78, 5) is 15.9. The zero-order valence-electron chi connectivity index (χ0n) is 13.1. The highest BCUT2D eigenvalue weighted by Gasteiger charge is 2.25. The second-order valence-corrected chi connectivity index (χ2v) is 6.28. The quantitative estimate of drug-likeness (QED) is 0.856. The standard InChI is InChI=1S/C18H20N2OS.ClH/c1-22-17-7-3-2-6-15(17)18(21)20-10-4-5-14-11-13(12-19)8-9-16(14)20;/h2-3,6-9,11H,4-5,10,12,19H2,1H3;1H. The molecule has 23 heavy (non-hydrogen) atoms. The molecule has 0 radical (unpaired) electrons. The van der Waals surface area contributed by atoms with E-state index in [4.69, 9.17) is 5.73 Å². The summed E-state index contributed by atoms with van der Waals surface area (Å²) in [6.07, 6.45) is 4.01. The predicted octanol–water partition coefficient (Wildman–Crippen LogP) is 3.88. The number of halogens is 1. The van der Waals surface area contributed by atoms with E-state index in [9.17, 15) is 4.79 Å². The van der Waals surface area contributed by atoms with Crippen LogP contribution in [-0.4, -0.2) is 18.7 Å². The number of fused-ring (bicyclic) bond motifs is 1. The summed E-state index contributed by atoms with van der Waals surface area (Å²) in [5.41, 5.74) is 9.89. The Hall–Kier alpha value is -1.49. The van der Waals surface area contributed by atoms with Crippen molar-refractivity contribution in [3.05, 3.63) is 59.2 Å². The molecule has 5 heteroatoms. The normalized spacial score (nSPS) is 13.2. The Bertz CT molecular complexity index is 705. The van der Waals surface area contributed by atoms with Crippen LogP contribution in [0.3, 0.4) is 0 Å². The molecule has 0 saturated heterocycles. The number of hydrogen-bond donors (Lipinski definition) is 1. The third kappa shape index (κ3) is 3.55. The van der Waals surface area contributed by atoms with Crippen molar-refractivity contribution in [1.29, 1.82) is 0 Å². The van der Waals surface area contributed by atoms with Gasteiger partial charge in [-0.25, -0.2) is 0 Å². The largest absolute Gasteiger partial charge is 0.326 e. The number of thioether (sulfide) groups is 1. The number of benzene rings is 2. The first-order chi connectivity index (χ1) is 10.7. The van der Waals surface area contributed by atoms with E-state index in [1.165, 1.54) is 5.56 Å². The van der Waals surface area contributed by atoms with Gasteiger partial charge in [-0.3, -0.25) is 4.79 Å². The second kappa shape index (κ2) is 7.86. The lowest BCUT2D eigenvalue weighted by Crippen LogP contribution is -2.35. The molecule has 0 aromatic heterocycles. The van der Waals surface area contributed by atoms with Crippen molar-refractivity contribution in [1.82, 2.24) is 0 Å². The van der Waals surface area contributed by atoms with Crippen LogP contribution in [0.25, 0.3) is 0 Å². The van der Waals surface area contributed by atoms with Gasteiger partial charge in [-0.2, -0.15) is 0 Å². The monoisotopic (exact) mass is 348 g/mol. The van der Waals surface area contributed by atoms with Gasteiger partial charge in [0.05, 0.1) is 5.56 Å². The van der Waals surface area contributed by atoms with Crippen LogP contribution in [0.15, 0.2) is 47.4 Å². The van der Waals surface area contributed by atoms with E-state index in [-0.39, 0.29) is 18.3 Å². The predicted molar refractivity (Wildman–Crippen MR) is 99.8 cm³/mol. The molecule has 0 fully saturated rings. The van der Waals surface area contributed by atoms with Gasteiger partial charge >= 0.3 is 0 Å². The van der Waals surface area contributed by atoms with E-state index in [1.54, 1.807) is 11.8 Å². The summed E-state index contributed by atoms with van der Waals surface area (Å²) in [6, 6.07) is 14.0. The first-order valence-corrected chi connectivity index (χ1v) is 8.74. The number of aryl methyl sites for hydroxylation is 1. The van der Waals surface area contributed by atoms with Crippen molar-refractivity contribution in [2.75, 3.05) is 17.7 Å². The fourth-order valence-corrected chi connectivity index (χ4v) is 3.55. The fourth-order valence-electron chi connectivity index (χ4n) is 2.96. The van der Waals surface area contributed by atoms with Crippen LogP contribution in [0.2, 0.25) is 0 Å². The van der Waals surface area contributed by atoms with Gasteiger partial charge in [-0.05, 0) is 48.4 Å². The molecular formula is C18H21ClN2OS. The third-order valence-corrected chi connectivity index (χ3v) is 4.88. The Morgan fingerprint density at radius 1 is 1.26 bits per heavy atom. The smallest absolute Gasteiger partial charge is 0.259 e. The summed E-state index contributed by atoms with van der Waals surface area (Å²) >= 11 is 1.61. The van der Waals surface area contributed by atoms with Gasteiger partial charge in [0.1, 0.15) is 0 Å². The molecule has 1 heterocycles. The summed E-state index contributed by atoms with van der Waals surface area (Å²) in [7, 11) is 0. The minimum Gasteiger partial charge on any atom is -0.326 e. The maximum absolute atomic E-state index is 13.0. The number of nitrogens with zero attached hydrogens (tertiary/aromatic N) is 1. The van der Waals surface area contributed by atoms with Gasteiger partial charge in [0.15, 0.2) is 0 Å². The summed E-state index contributed by atoms with van der Waals surface area (Å²) in [6.45, 7) is 1.31. The molecule has 3 rings (SSSR count). The Balaban J connectivity index is 0.00000192. The van der Waals surface area contributed by atoms with Crippen LogP contribution >= 0.6 is 24.2 Å². The van der Waals surface area contributed by atoms with E-state index < -0.39 is 0 Å². The Morgan fingerprint density at radius 3 is 2.78 bits per heavy atom. The topological polar surface area (TPSA) is 46.3 Å². The molecule has 2 aromatic rings. The average molecular weight is 349 g/mol. The molecule has 0 aliphatic carbocycles. The molecule has 1 aliphatic rings. The molecule has 1 aliphatic heterocycles. The summed E-state index contributed by atoms with van der Waals surface area (Å²) < 4.78 is 0. The Kier molecular flexibility index (Phi) is 6.10. The number of carbonyl (C=O) groups excluding carboxylic acids is 1. The van der Waals surface area contributed by atoms with Crippen molar-refractivity contribution >= 4 is 35.8 Å². The molecule has 2 aromatic carbocycles. The van der Waals surface area contributed by atoms with E-state index in [0.717, 1.165) is 41.1 Å². The molecular weight excluding hydrogens is 328 g/mol. The number of carbonyl (C=O) groups is 1. The van der Waals surface area contributed by atoms with Crippen LogP contribution in [0, 0.1) is 0 Å². The molecule has 122 valence electrons. The van der Waals surface area contributed by atoms with Crippen LogP contribution < -0.4 is 10.6 Å². The van der Waals surface area contributed by atoms with E-state index in [2.05, 4.69) is 6.07 Å². The molecule has 0 bridgehead atoms. The summed E-state index contributed by atoms with van der Waals surface area (Å²) in [5, 5.41) is 0. The first-order valence-electron chi connectivity index (χ1n) is 7.51. The molecule has 0 atom stereocenters. The molecule has 1 amide bonds. The van der Waals surface area contributed by atoms with E-state index in [0.29, 0.717) is 6.54 Å². The molecule has 0 unspecified atom stereocenters. The minimum atomic E-state index is 0. The fraction of sp³-hybridized carbons (Fsp3) is 0.278. The minimum absolute atomic E-state index is 0. The number of hydrogen-bond acceptors (Lipinski definition) is 3. The Morgan fingerprint density at radius 2 is 2.04 bits per heavy atom. The van der Waals surface area contributed by atoms with Crippen molar-refractivity contribution in [3.8, 4) is 0 Å². The highest BCUT2D eigenvalue weighted by atomic mass is 35.5. The molecule has 0 spiro atoms. The van der Waals surface area contributed by atoms with Crippen molar-refractivity contribution in [2.45, 2.75) is 24.3 Å². The lowest BCUT2D eigenvalue weighted by atomic mass is 9.98. The van der Waals surface area contributed by atoms with Crippen LogP contribution in [0.5, 0.6) is 0 Å². The SMILES string of the molecule is CSc1ccccc1C(=O)N1CCCc2cc(CN)ccc21.Cl. The second-order valence-electron chi connectivity index (χ2n) is 5.43. The van der Waals surface area contributed by atoms with Gasteiger partial charge in [-0.1, -0.05) is 24.3 Å². The van der Waals surface area contributed by atoms with Crippen molar-refractivity contribution < 1.29 is 4.79 Å². The lowest BCUT2D eigenvalue weighted by Gasteiger charge is -2.30. The Labute approximate surface area is 147 Å². The number of anilines is 1. The maximum atomic E-state index is 13.0. The molecule has 0 saturated carbocycles. The average Bonchev–Trinajstić information content (AvgIpc) is 2.60. The highest BCUT2D eigenvalue weighted by Crippen LogP contribution is 2.31. The van der Waals surface area contributed by atoms with E-state index in [1.807, 2.05) is 47.6 Å². The summed E-state index contributed by atoms with van der Waals surface area (Å²) in [5.74, 6) is 0.0893. The molecule has 3 nitrogen and oxygen atoms in total. The van der Waals surface area contributed by atoms with E-state index >= 15 is 0 Å². The zero-order chi connectivity index (χ0) is 15.5. The van der Waals surface area contributed by atoms with Gasteiger partial charge in [0.25, 0.3) is 5.91 Å². The number of amides is 1. The third-order valence-electron chi connectivity index (χ3n) is 4.08. The van der Waals surface area contributed by atoms with Crippen molar-refractivity contribution in [2.24, 2.45) is 5.73 Å². The lowest BCUT2D eigenvalue weighted by molar-refractivity contribution is 0.0982. The van der Waals surface area contributed by atoms with Crippen LogP contribution in [0.4, 0.5) is 5.69 Å².